The van der Waals surface area contributed by atoms with Crippen LogP contribution >= 0.6 is 11.6 Å². The van der Waals surface area contributed by atoms with E-state index in [-0.39, 0.29) is 0 Å². The second kappa shape index (κ2) is 5.92. The predicted molar refractivity (Wildman–Crippen MR) is 64.2 cm³/mol. The number of halogens is 1. The molecule has 14 heavy (non-hydrogen) atoms. The fraction of sp³-hybridized carbons (Fsp3) is 0.500. The zero-order chi connectivity index (χ0) is 10.4. The van der Waals surface area contributed by atoms with Crippen LogP contribution < -0.4 is 5.32 Å². The van der Waals surface area contributed by atoms with Gasteiger partial charge in [0, 0.05) is 18.6 Å². The SMILES string of the molecule is CCC(CCl)Cc1ccccc1NC. The quantitative estimate of drug-likeness (QED) is 0.735. The van der Waals surface area contributed by atoms with Crippen LogP contribution in [0, 0.1) is 5.92 Å². The van der Waals surface area contributed by atoms with Crippen molar-refractivity contribution in [1.82, 2.24) is 0 Å². The fourth-order valence-corrected chi connectivity index (χ4v) is 1.89. The van der Waals surface area contributed by atoms with Gasteiger partial charge in [-0.25, -0.2) is 0 Å². The highest BCUT2D eigenvalue weighted by Gasteiger charge is 2.08. The first-order chi connectivity index (χ1) is 6.81. The molecular formula is C12H18ClN. The van der Waals surface area contributed by atoms with Crippen molar-refractivity contribution >= 4 is 17.3 Å². The molecule has 0 saturated carbocycles. The molecule has 1 aromatic carbocycles. The van der Waals surface area contributed by atoms with Crippen LogP contribution in [0.1, 0.15) is 18.9 Å². The van der Waals surface area contributed by atoms with Gasteiger partial charge in [0.15, 0.2) is 0 Å². The number of anilines is 1. The molecule has 1 rings (SSSR count). The molecular weight excluding hydrogens is 194 g/mol. The number of nitrogens with one attached hydrogen (secondary N) is 1. The van der Waals surface area contributed by atoms with E-state index in [9.17, 15) is 0 Å². The molecule has 0 radical (unpaired) electrons. The van der Waals surface area contributed by atoms with Crippen LogP contribution in [0.5, 0.6) is 0 Å². The van der Waals surface area contributed by atoms with E-state index in [0.717, 1.165) is 18.7 Å². The molecule has 0 amide bonds. The summed E-state index contributed by atoms with van der Waals surface area (Å²) in [4.78, 5) is 0. The third-order valence-electron chi connectivity index (χ3n) is 2.59. The van der Waals surface area contributed by atoms with Crippen molar-refractivity contribution in [1.29, 1.82) is 0 Å². The molecule has 0 spiro atoms. The Bertz CT molecular complexity index is 269. The molecule has 0 heterocycles. The molecule has 1 N–H and O–H groups in total. The summed E-state index contributed by atoms with van der Waals surface area (Å²) in [6, 6.07) is 8.41. The van der Waals surface area contributed by atoms with Gasteiger partial charge in [-0.15, -0.1) is 11.6 Å². The largest absolute Gasteiger partial charge is 0.388 e. The molecule has 0 fully saturated rings. The fourth-order valence-electron chi connectivity index (χ4n) is 1.56. The summed E-state index contributed by atoms with van der Waals surface area (Å²) in [6.45, 7) is 2.19. The molecule has 0 aliphatic rings. The third-order valence-corrected chi connectivity index (χ3v) is 3.03. The Kier molecular flexibility index (Phi) is 4.81. The number of hydrogen-bond acceptors (Lipinski definition) is 1. The van der Waals surface area contributed by atoms with Crippen molar-refractivity contribution in [3.05, 3.63) is 29.8 Å². The lowest BCUT2D eigenvalue weighted by Crippen LogP contribution is -2.06. The Labute approximate surface area is 91.5 Å². The van der Waals surface area contributed by atoms with Crippen LogP contribution in [0.4, 0.5) is 5.69 Å². The van der Waals surface area contributed by atoms with Gasteiger partial charge < -0.3 is 5.32 Å². The minimum Gasteiger partial charge on any atom is -0.388 e. The summed E-state index contributed by atoms with van der Waals surface area (Å²) in [6.07, 6.45) is 2.21. The Morgan fingerprint density at radius 3 is 2.64 bits per heavy atom. The first-order valence-electron chi connectivity index (χ1n) is 5.13. The summed E-state index contributed by atoms with van der Waals surface area (Å²) < 4.78 is 0. The van der Waals surface area contributed by atoms with Gasteiger partial charge in [-0.1, -0.05) is 31.5 Å². The monoisotopic (exact) mass is 211 g/mol. The van der Waals surface area contributed by atoms with Crippen LogP contribution in [-0.2, 0) is 6.42 Å². The molecule has 0 aliphatic heterocycles. The Morgan fingerprint density at radius 1 is 1.36 bits per heavy atom. The molecule has 0 aromatic heterocycles. The van der Waals surface area contributed by atoms with E-state index < -0.39 is 0 Å². The molecule has 1 nitrogen and oxygen atoms in total. The smallest absolute Gasteiger partial charge is 0.0370 e. The van der Waals surface area contributed by atoms with Crippen molar-refractivity contribution in [3.63, 3.8) is 0 Å². The predicted octanol–water partition coefficient (Wildman–Crippen LogP) is 3.54. The molecule has 1 unspecified atom stereocenters. The zero-order valence-electron chi connectivity index (χ0n) is 8.89. The van der Waals surface area contributed by atoms with Crippen molar-refractivity contribution in [2.45, 2.75) is 19.8 Å². The number of rotatable bonds is 5. The van der Waals surface area contributed by atoms with E-state index in [1.165, 1.54) is 11.3 Å². The standard InChI is InChI=1S/C12H18ClN/c1-3-10(9-13)8-11-6-4-5-7-12(11)14-2/h4-7,10,14H,3,8-9H2,1-2H3. The number of hydrogen-bond donors (Lipinski definition) is 1. The highest BCUT2D eigenvalue weighted by Crippen LogP contribution is 2.20. The minimum absolute atomic E-state index is 0.589. The summed E-state index contributed by atoms with van der Waals surface area (Å²) in [5, 5.41) is 3.21. The minimum atomic E-state index is 0.589. The summed E-state index contributed by atoms with van der Waals surface area (Å²) in [5.74, 6) is 1.33. The van der Waals surface area contributed by atoms with Gasteiger partial charge in [-0.2, -0.15) is 0 Å². The van der Waals surface area contributed by atoms with Gasteiger partial charge in [0.05, 0.1) is 0 Å². The molecule has 78 valence electrons. The van der Waals surface area contributed by atoms with E-state index in [1.54, 1.807) is 0 Å². The van der Waals surface area contributed by atoms with Gasteiger partial charge in [0.1, 0.15) is 0 Å². The maximum absolute atomic E-state index is 5.89. The van der Waals surface area contributed by atoms with Gasteiger partial charge in [0.2, 0.25) is 0 Å². The van der Waals surface area contributed by atoms with Crippen LogP contribution in [-0.4, -0.2) is 12.9 Å². The van der Waals surface area contributed by atoms with E-state index in [4.69, 9.17) is 11.6 Å². The summed E-state index contributed by atoms with van der Waals surface area (Å²) in [7, 11) is 1.96. The third kappa shape index (κ3) is 2.91. The van der Waals surface area contributed by atoms with Gasteiger partial charge in [-0.05, 0) is 24.0 Å². The lowest BCUT2D eigenvalue weighted by atomic mass is 9.97. The molecule has 0 bridgehead atoms. The van der Waals surface area contributed by atoms with Crippen LogP contribution in [0.3, 0.4) is 0 Å². The first-order valence-corrected chi connectivity index (χ1v) is 5.66. The lowest BCUT2D eigenvalue weighted by molar-refractivity contribution is 0.567. The molecule has 2 heteroatoms. The molecule has 0 saturated heterocycles. The maximum atomic E-state index is 5.89. The highest BCUT2D eigenvalue weighted by molar-refractivity contribution is 6.18. The van der Waals surface area contributed by atoms with Crippen LogP contribution in [0.2, 0.25) is 0 Å². The second-order valence-corrected chi connectivity index (χ2v) is 3.85. The van der Waals surface area contributed by atoms with Crippen LogP contribution in [0.15, 0.2) is 24.3 Å². The summed E-state index contributed by atoms with van der Waals surface area (Å²) >= 11 is 5.89. The molecule has 1 aromatic rings. The van der Waals surface area contributed by atoms with Gasteiger partial charge in [0.25, 0.3) is 0 Å². The average molecular weight is 212 g/mol. The number of para-hydroxylation sites is 1. The normalized spacial score (nSPS) is 12.5. The van der Waals surface area contributed by atoms with E-state index in [1.807, 2.05) is 7.05 Å². The summed E-state index contributed by atoms with van der Waals surface area (Å²) in [5.41, 5.74) is 2.58. The second-order valence-electron chi connectivity index (χ2n) is 3.54. The molecule has 0 aliphatic carbocycles. The zero-order valence-corrected chi connectivity index (χ0v) is 9.64. The van der Waals surface area contributed by atoms with Gasteiger partial charge >= 0.3 is 0 Å². The van der Waals surface area contributed by atoms with Crippen molar-refractivity contribution < 1.29 is 0 Å². The topological polar surface area (TPSA) is 12.0 Å². The average Bonchev–Trinajstić information content (AvgIpc) is 2.26. The van der Waals surface area contributed by atoms with Crippen LogP contribution in [0.25, 0.3) is 0 Å². The van der Waals surface area contributed by atoms with Crippen molar-refractivity contribution in [2.24, 2.45) is 5.92 Å². The Hall–Kier alpha value is -0.690. The van der Waals surface area contributed by atoms with E-state index >= 15 is 0 Å². The Balaban J connectivity index is 2.74. The number of alkyl halides is 1. The van der Waals surface area contributed by atoms with Crippen molar-refractivity contribution in [3.8, 4) is 0 Å². The first kappa shape index (κ1) is 11.4. The lowest BCUT2D eigenvalue weighted by Gasteiger charge is -2.14. The maximum Gasteiger partial charge on any atom is 0.0370 e. The van der Waals surface area contributed by atoms with E-state index in [0.29, 0.717) is 5.92 Å². The molecule has 1 atom stereocenters. The number of benzene rings is 1. The van der Waals surface area contributed by atoms with Crippen molar-refractivity contribution in [2.75, 3.05) is 18.2 Å². The van der Waals surface area contributed by atoms with E-state index in [2.05, 4.69) is 36.5 Å². The van der Waals surface area contributed by atoms with Gasteiger partial charge in [-0.3, -0.25) is 0 Å². The Morgan fingerprint density at radius 2 is 2.07 bits per heavy atom. The highest BCUT2D eigenvalue weighted by atomic mass is 35.5.